The molecule has 0 spiro atoms. The number of hydrogen-bond donors (Lipinski definition) is 1. The number of rotatable bonds is 3. The van der Waals surface area contributed by atoms with E-state index in [1.54, 1.807) is 0 Å². The average Bonchev–Trinajstić information content (AvgIpc) is 2.95. The van der Waals surface area contributed by atoms with E-state index >= 15 is 0 Å². The molecule has 0 radical (unpaired) electrons. The van der Waals surface area contributed by atoms with Crippen LogP contribution in [-0.4, -0.2) is 74.1 Å². The van der Waals surface area contributed by atoms with Gasteiger partial charge in [0, 0.05) is 46.4 Å². The summed E-state index contributed by atoms with van der Waals surface area (Å²) in [7, 11) is 1.84. The summed E-state index contributed by atoms with van der Waals surface area (Å²) in [5.41, 5.74) is 0.484. The van der Waals surface area contributed by atoms with Crippen LogP contribution in [0.4, 0.5) is 0 Å². The number of aliphatic imine (C=N–C) groups is 1. The Balaban J connectivity index is 0.00000208. The number of guanidine groups is 1. The van der Waals surface area contributed by atoms with Gasteiger partial charge in [0.15, 0.2) is 5.96 Å². The van der Waals surface area contributed by atoms with Gasteiger partial charge < -0.3 is 19.9 Å². The second kappa shape index (κ2) is 8.21. The zero-order valence-electron chi connectivity index (χ0n) is 15.1. The van der Waals surface area contributed by atoms with Crippen molar-refractivity contribution in [1.29, 1.82) is 0 Å². The first kappa shape index (κ1) is 19.8. The molecule has 1 amide bonds. The number of hydrogen-bond acceptors (Lipinski definition) is 3. The number of carbonyl (C=O) groups is 1. The minimum absolute atomic E-state index is 0. The fourth-order valence-electron chi connectivity index (χ4n) is 3.59. The molecule has 2 heterocycles. The Bertz CT molecular complexity index is 469. The van der Waals surface area contributed by atoms with Crippen LogP contribution in [0.25, 0.3) is 0 Å². The first-order chi connectivity index (χ1) is 11.0. The van der Waals surface area contributed by atoms with Crippen LogP contribution in [0.1, 0.15) is 33.1 Å². The summed E-state index contributed by atoms with van der Waals surface area (Å²) >= 11 is 0. The van der Waals surface area contributed by atoms with Crippen molar-refractivity contribution in [2.75, 3.05) is 46.4 Å². The summed E-state index contributed by atoms with van der Waals surface area (Å²) in [4.78, 5) is 21.0. The monoisotopic (exact) mass is 450 g/mol. The standard InChI is InChI=1S/C17H30N4O2.HI/c1-17(2)11-13(17)12-19-16(18-3)21-8-6-20(7-9-21)15(22)14-5-4-10-23-14;/h13-14H,4-12H2,1-3H3,(H,18,19);1H. The molecule has 7 heteroatoms. The molecule has 2 unspecified atom stereocenters. The third kappa shape index (κ3) is 4.53. The molecule has 2 aliphatic heterocycles. The normalized spacial score (nSPS) is 29.2. The van der Waals surface area contributed by atoms with E-state index in [-0.39, 0.29) is 36.0 Å². The average molecular weight is 450 g/mol. The summed E-state index contributed by atoms with van der Waals surface area (Å²) in [6.45, 7) is 9.55. The summed E-state index contributed by atoms with van der Waals surface area (Å²) in [5, 5.41) is 3.50. The zero-order chi connectivity index (χ0) is 16.4. The van der Waals surface area contributed by atoms with Gasteiger partial charge >= 0.3 is 0 Å². The number of ether oxygens (including phenoxy) is 1. The largest absolute Gasteiger partial charge is 0.368 e. The van der Waals surface area contributed by atoms with E-state index in [4.69, 9.17) is 4.74 Å². The maximum absolute atomic E-state index is 12.4. The predicted octanol–water partition coefficient (Wildman–Crippen LogP) is 1.55. The van der Waals surface area contributed by atoms with E-state index < -0.39 is 0 Å². The molecular weight excluding hydrogens is 419 g/mol. The van der Waals surface area contributed by atoms with Crippen molar-refractivity contribution < 1.29 is 9.53 Å². The van der Waals surface area contributed by atoms with Gasteiger partial charge in [-0.05, 0) is 30.6 Å². The second-order valence-electron chi connectivity index (χ2n) is 7.63. The number of halogens is 1. The van der Waals surface area contributed by atoms with E-state index in [9.17, 15) is 4.79 Å². The van der Waals surface area contributed by atoms with Gasteiger partial charge in [0.25, 0.3) is 5.91 Å². The van der Waals surface area contributed by atoms with Crippen molar-refractivity contribution in [2.24, 2.45) is 16.3 Å². The maximum Gasteiger partial charge on any atom is 0.251 e. The summed E-state index contributed by atoms with van der Waals surface area (Å²) < 4.78 is 5.51. The predicted molar refractivity (Wildman–Crippen MR) is 106 cm³/mol. The molecule has 2 saturated heterocycles. The van der Waals surface area contributed by atoms with E-state index in [2.05, 4.69) is 29.1 Å². The Hall–Kier alpha value is -0.570. The van der Waals surface area contributed by atoms with Crippen LogP contribution in [0.3, 0.4) is 0 Å². The highest BCUT2D eigenvalue weighted by atomic mass is 127. The van der Waals surface area contributed by atoms with Crippen LogP contribution in [0.15, 0.2) is 4.99 Å². The van der Waals surface area contributed by atoms with Crippen molar-refractivity contribution >= 4 is 35.8 Å². The highest BCUT2D eigenvalue weighted by molar-refractivity contribution is 14.0. The summed E-state index contributed by atoms with van der Waals surface area (Å²) in [6, 6.07) is 0. The molecule has 1 saturated carbocycles. The van der Waals surface area contributed by atoms with Crippen LogP contribution in [-0.2, 0) is 9.53 Å². The minimum Gasteiger partial charge on any atom is -0.368 e. The van der Waals surface area contributed by atoms with Gasteiger partial charge in [-0.1, -0.05) is 13.8 Å². The van der Waals surface area contributed by atoms with E-state index in [0.717, 1.165) is 64.0 Å². The Morgan fingerprint density at radius 1 is 1.25 bits per heavy atom. The smallest absolute Gasteiger partial charge is 0.251 e. The molecule has 1 aliphatic carbocycles. The van der Waals surface area contributed by atoms with Gasteiger partial charge in [0.1, 0.15) is 6.10 Å². The van der Waals surface area contributed by atoms with E-state index in [1.807, 2.05) is 11.9 Å². The lowest BCUT2D eigenvalue weighted by Crippen LogP contribution is -2.55. The molecule has 6 nitrogen and oxygen atoms in total. The van der Waals surface area contributed by atoms with Crippen molar-refractivity contribution in [3.63, 3.8) is 0 Å². The number of nitrogens with zero attached hydrogens (tertiary/aromatic N) is 3. The highest BCUT2D eigenvalue weighted by Crippen LogP contribution is 2.50. The Kier molecular flexibility index (Phi) is 6.75. The molecule has 3 fully saturated rings. The lowest BCUT2D eigenvalue weighted by Gasteiger charge is -2.37. The molecule has 138 valence electrons. The molecule has 0 bridgehead atoms. The van der Waals surface area contributed by atoms with Gasteiger partial charge in [-0.2, -0.15) is 0 Å². The molecule has 2 atom stereocenters. The Labute approximate surface area is 162 Å². The SMILES string of the molecule is CN=C(NCC1CC1(C)C)N1CCN(C(=O)C2CCCO2)CC1.I. The fraction of sp³-hybridized carbons (Fsp3) is 0.882. The van der Waals surface area contributed by atoms with Crippen molar-refractivity contribution in [3.05, 3.63) is 0 Å². The van der Waals surface area contributed by atoms with Crippen molar-refractivity contribution in [1.82, 2.24) is 15.1 Å². The first-order valence-corrected chi connectivity index (χ1v) is 8.87. The highest BCUT2D eigenvalue weighted by Gasteiger charge is 2.45. The molecule has 3 rings (SSSR count). The lowest BCUT2D eigenvalue weighted by atomic mass is 10.1. The molecule has 3 aliphatic rings. The third-order valence-corrected chi connectivity index (χ3v) is 5.53. The van der Waals surface area contributed by atoms with Gasteiger partial charge in [-0.25, -0.2) is 0 Å². The molecule has 0 aromatic rings. The fourth-order valence-corrected chi connectivity index (χ4v) is 3.59. The van der Waals surface area contributed by atoms with Gasteiger partial charge in [-0.15, -0.1) is 24.0 Å². The summed E-state index contributed by atoms with van der Waals surface area (Å²) in [6.07, 6.45) is 2.97. The van der Waals surface area contributed by atoms with E-state index in [0.29, 0.717) is 5.41 Å². The number of carbonyl (C=O) groups excluding carboxylic acids is 1. The molecule has 0 aromatic heterocycles. The van der Waals surface area contributed by atoms with Crippen LogP contribution < -0.4 is 5.32 Å². The number of nitrogens with one attached hydrogen (secondary N) is 1. The van der Waals surface area contributed by atoms with Crippen LogP contribution >= 0.6 is 24.0 Å². The quantitative estimate of drug-likeness (QED) is 0.403. The van der Waals surface area contributed by atoms with Crippen molar-refractivity contribution in [3.8, 4) is 0 Å². The molecule has 1 N–H and O–H groups in total. The van der Waals surface area contributed by atoms with Crippen LogP contribution in [0, 0.1) is 11.3 Å². The first-order valence-electron chi connectivity index (χ1n) is 8.87. The zero-order valence-corrected chi connectivity index (χ0v) is 17.4. The topological polar surface area (TPSA) is 57.2 Å². The molecule has 0 aromatic carbocycles. The summed E-state index contributed by atoms with van der Waals surface area (Å²) in [5.74, 6) is 1.89. The van der Waals surface area contributed by atoms with E-state index in [1.165, 1.54) is 6.42 Å². The van der Waals surface area contributed by atoms with Gasteiger partial charge in [0.05, 0.1) is 0 Å². The molecule has 24 heavy (non-hydrogen) atoms. The third-order valence-electron chi connectivity index (χ3n) is 5.53. The second-order valence-corrected chi connectivity index (χ2v) is 7.63. The van der Waals surface area contributed by atoms with Gasteiger partial charge in [0.2, 0.25) is 0 Å². The van der Waals surface area contributed by atoms with Gasteiger partial charge in [-0.3, -0.25) is 9.79 Å². The lowest BCUT2D eigenvalue weighted by molar-refractivity contribution is -0.142. The number of amides is 1. The maximum atomic E-state index is 12.4. The van der Waals surface area contributed by atoms with Crippen LogP contribution in [0.5, 0.6) is 0 Å². The minimum atomic E-state index is -0.198. The molecular formula is C17H31IN4O2. The Morgan fingerprint density at radius 2 is 1.88 bits per heavy atom. The number of piperazine rings is 1. The Morgan fingerprint density at radius 3 is 2.38 bits per heavy atom. The van der Waals surface area contributed by atoms with Crippen molar-refractivity contribution in [2.45, 2.75) is 39.2 Å². The van der Waals surface area contributed by atoms with Crippen LogP contribution in [0.2, 0.25) is 0 Å².